The van der Waals surface area contributed by atoms with Crippen LogP contribution >= 0.6 is 0 Å². The number of alkyl halides is 2. The average molecular weight is 443 g/mol. The Hall–Kier alpha value is -3.41. The molecule has 0 spiro atoms. The minimum atomic E-state index is -3.41. The molecule has 0 bridgehead atoms. The zero-order valence-electron chi connectivity index (χ0n) is 15.9. The number of rotatable bonds is 9. The predicted octanol–water partition coefficient (Wildman–Crippen LogP) is 2.04. The molecule has 30 heavy (non-hydrogen) atoms. The van der Waals surface area contributed by atoms with Crippen LogP contribution in [0, 0.1) is 0 Å². The molecule has 0 aliphatic heterocycles. The summed E-state index contributed by atoms with van der Waals surface area (Å²) in [4.78, 5) is 24.2. The van der Waals surface area contributed by atoms with Gasteiger partial charge in [0.2, 0.25) is 15.9 Å². The minimum Gasteiger partial charge on any atom is -0.493 e. The van der Waals surface area contributed by atoms with E-state index in [0.29, 0.717) is 11.4 Å². The van der Waals surface area contributed by atoms with Gasteiger partial charge in [0.25, 0.3) is 5.91 Å². The molecule has 2 aromatic rings. The molecule has 2 rings (SSSR count). The highest BCUT2D eigenvalue weighted by Crippen LogP contribution is 2.29. The van der Waals surface area contributed by atoms with Crippen LogP contribution in [0.1, 0.15) is 10.4 Å². The second-order valence-electron chi connectivity index (χ2n) is 5.93. The van der Waals surface area contributed by atoms with Crippen molar-refractivity contribution < 1.29 is 36.3 Å². The van der Waals surface area contributed by atoms with Gasteiger partial charge in [-0.05, 0) is 42.5 Å². The van der Waals surface area contributed by atoms with Crippen LogP contribution in [0.5, 0.6) is 11.5 Å². The van der Waals surface area contributed by atoms with Crippen LogP contribution in [0.2, 0.25) is 0 Å². The van der Waals surface area contributed by atoms with Gasteiger partial charge >= 0.3 is 6.61 Å². The number of carbonyl (C=O) groups excluding carboxylic acids is 2. The monoisotopic (exact) mass is 443 g/mol. The van der Waals surface area contributed by atoms with Crippen LogP contribution in [-0.4, -0.2) is 46.8 Å². The topological polar surface area (TPSA) is 123 Å². The quantitative estimate of drug-likeness (QED) is 0.545. The summed E-state index contributed by atoms with van der Waals surface area (Å²) in [6, 6.07) is 9.51. The van der Waals surface area contributed by atoms with Crippen LogP contribution in [-0.2, 0) is 14.8 Å². The van der Waals surface area contributed by atoms with E-state index >= 15 is 0 Å². The summed E-state index contributed by atoms with van der Waals surface area (Å²) in [5, 5.41) is 4.92. The van der Waals surface area contributed by atoms with E-state index < -0.39 is 28.4 Å². The van der Waals surface area contributed by atoms with Gasteiger partial charge in [0.15, 0.2) is 11.5 Å². The van der Waals surface area contributed by atoms with Crippen molar-refractivity contribution in [1.82, 2.24) is 5.32 Å². The molecule has 9 nitrogen and oxygen atoms in total. The number of benzene rings is 2. The van der Waals surface area contributed by atoms with Crippen LogP contribution in [0.15, 0.2) is 42.5 Å². The summed E-state index contributed by atoms with van der Waals surface area (Å²) >= 11 is 0. The molecular weight excluding hydrogens is 424 g/mol. The molecule has 0 aliphatic carbocycles. The maximum Gasteiger partial charge on any atom is 0.387 e. The van der Waals surface area contributed by atoms with Gasteiger partial charge in [-0.3, -0.25) is 14.3 Å². The van der Waals surface area contributed by atoms with E-state index in [-0.39, 0.29) is 23.6 Å². The lowest BCUT2D eigenvalue weighted by Crippen LogP contribution is -2.32. The number of methoxy groups -OCH3 is 1. The molecule has 0 heterocycles. The van der Waals surface area contributed by atoms with E-state index in [1.807, 2.05) is 0 Å². The Morgan fingerprint density at radius 3 is 2.23 bits per heavy atom. The first-order valence-corrected chi connectivity index (χ1v) is 10.3. The molecule has 12 heteroatoms. The number of nitrogens with one attached hydrogen (secondary N) is 3. The molecule has 2 amide bonds. The Morgan fingerprint density at radius 1 is 1.03 bits per heavy atom. The maximum atomic E-state index is 12.3. The molecule has 0 radical (unpaired) electrons. The van der Waals surface area contributed by atoms with Crippen molar-refractivity contribution in [3.63, 3.8) is 0 Å². The van der Waals surface area contributed by atoms with Crippen molar-refractivity contribution in [2.45, 2.75) is 6.61 Å². The Bertz CT molecular complexity index is 1010. The molecule has 162 valence electrons. The van der Waals surface area contributed by atoms with Crippen LogP contribution in [0.25, 0.3) is 0 Å². The molecule has 0 aromatic heterocycles. The summed E-state index contributed by atoms with van der Waals surface area (Å²) in [5.41, 5.74) is 0.804. The highest BCUT2D eigenvalue weighted by Gasteiger charge is 2.15. The summed E-state index contributed by atoms with van der Waals surface area (Å²) in [6.45, 7) is -3.40. The Morgan fingerprint density at radius 2 is 1.67 bits per heavy atom. The molecular formula is C18H19F2N3O6S. The van der Waals surface area contributed by atoms with E-state index in [1.165, 1.54) is 43.5 Å². The first-order chi connectivity index (χ1) is 14.1. The van der Waals surface area contributed by atoms with E-state index in [1.54, 1.807) is 0 Å². The molecule has 0 unspecified atom stereocenters. The molecule has 2 aromatic carbocycles. The largest absolute Gasteiger partial charge is 0.493 e. The van der Waals surface area contributed by atoms with Crippen molar-refractivity contribution in [2.24, 2.45) is 0 Å². The molecule has 3 N–H and O–H groups in total. The summed E-state index contributed by atoms with van der Waals surface area (Å²) in [5.74, 6) is -1.44. The lowest BCUT2D eigenvalue weighted by molar-refractivity contribution is -0.115. The van der Waals surface area contributed by atoms with Crippen molar-refractivity contribution >= 4 is 33.2 Å². The normalized spacial score (nSPS) is 11.0. The zero-order chi connectivity index (χ0) is 22.3. The van der Waals surface area contributed by atoms with Gasteiger partial charge in [0.05, 0.1) is 19.9 Å². The Kier molecular flexibility index (Phi) is 7.53. The zero-order valence-corrected chi connectivity index (χ0v) is 16.8. The second-order valence-corrected chi connectivity index (χ2v) is 7.68. The van der Waals surface area contributed by atoms with Gasteiger partial charge < -0.3 is 20.1 Å². The highest BCUT2D eigenvalue weighted by atomic mass is 32.2. The third-order valence-electron chi connectivity index (χ3n) is 3.52. The number of carbonyl (C=O) groups is 2. The summed E-state index contributed by atoms with van der Waals surface area (Å²) < 4.78 is 58.5. The van der Waals surface area contributed by atoms with Crippen molar-refractivity contribution in [1.29, 1.82) is 0 Å². The Balaban J connectivity index is 1.92. The van der Waals surface area contributed by atoms with Gasteiger partial charge in [0, 0.05) is 16.9 Å². The number of hydrogen-bond acceptors (Lipinski definition) is 6. The van der Waals surface area contributed by atoms with E-state index in [0.717, 1.165) is 12.3 Å². The third kappa shape index (κ3) is 7.20. The van der Waals surface area contributed by atoms with Gasteiger partial charge in [-0.25, -0.2) is 8.42 Å². The molecule has 0 aliphatic rings. The number of amides is 2. The summed E-state index contributed by atoms with van der Waals surface area (Å²) in [6.07, 6.45) is 1.01. The van der Waals surface area contributed by atoms with Gasteiger partial charge in [0.1, 0.15) is 0 Å². The van der Waals surface area contributed by atoms with E-state index in [4.69, 9.17) is 4.74 Å². The fraction of sp³-hybridized carbons (Fsp3) is 0.222. The molecule has 0 saturated heterocycles. The first-order valence-electron chi connectivity index (χ1n) is 8.36. The highest BCUT2D eigenvalue weighted by molar-refractivity contribution is 7.92. The standard InChI is InChI=1S/C18H19F2N3O6S/c1-28-15-9-11(3-8-14(15)29-18(19)20)17(25)21-10-16(24)22-12-4-6-13(7-5-12)23-30(2,26)27/h3-9,18,23H,10H2,1-2H3,(H,21,25)(H,22,24). The molecule has 0 saturated carbocycles. The molecule has 0 fully saturated rings. The number of hydrogen-bond donors (Lipinski definition) is 3. The number of ether oxygens (including phenoxy) is 2. The lowest BCUT2D eigenvalue weighted by Gasteiger charge is -2.12. The SMILES string of the molecule is COc1cc(C(=O)NCC(=O)Nc2ccc(NS(C)(=O)=O)cc2)ccc1OC(F)F. The van der Waals surface area contributed by atoms with Gasteiger partial charge in [-0.15, -0.1) is 0 Å². The third-order valence-corrected chi connectivity index (χ3v) is 4.13. The number of halogens is 2. The first kappa shape index (κ1) is 22.9. The number of sulfonamides is 1. The number of anilines is 2. The van der Waals surface area contributed by atoms with E-state index in [9.17, 15) is 26.8 Å². The predicted molar refractivity (Wildman–Crippen MR) is 105 cm³/mol. The van der Waals surface area contributed by atoms with Crippen LogP contribution < -0.4 is 24.8 Å². The van der Waals surface area contributed by atoms with Crippen molar-refractivity contribution in [3.8, 4) is 11.5 Å². The minimum absolute atomic E-state index is 0.0600. The fourth-order valence-electron chi connectivity index (χ4n) is 2.31. The van der Waals surface area contributed by atoms with Gasteiger partial charge in [-0.1, -0.05) is 0 Å². The van der Waals surface area contributed by atoms with Crippen molar-refractivity contribution in [2.75, 3.05) is 29.9 Å². The Labute approximate surface area is 171 Å². The lowest BCUT2D eigenvalue weighted by atomic mass is 10.2. The van der Waals surface area contributed by atoms with Gasteiger partial charge in [-0.2, -0.15) is 8.78 Å². The second kappa shape index (κ2) is 9.87. The van der Waals surface area contributed by atoms with E-state index in [2.05, 4.69) is 20.1 Å². The maximum absolute atomic E-state index is 12.3. The van der Waals surface area contributed by atoms with Crippen LogP contribution in [0.3, 0.4) is 0 Å². The summed E-state index contributed by atoms with van der Waals surface area (Å²) in [7, 11) is -2.17. The average Bonchev–Trinajstić information content (AvgIpc) is 2.66. The molecule has 0 atom stereocenters. The smallest absolute Gasteiger partial charge is 0.387 e. The van der Waals surface area contributed by atoms with Crippen LogP contribution in [0.4, 0.5) is 20.2 Å². The van der Waals surface area contributed by atoms with Crippen molar-refractivity contribution in [3.05, 3.63) is 48.0 Å². The fourth-order valence-corrected chi connectivity index (χ4v) is 2.87.